The van der Waals surface area contributed by atoms with Crippen molar-refractivity contribution < 1.29 is 55.7 Å². The monoisotopic (exact) mass is 504 g/mol. The summed E-state index contributed by atoms with van der Waals surface area (Å²) in [6.07, 6.45) is 11.1. The largest absolute Gasteiger partial charge is 1.00 e. The third-order valence-corrected chi connectivity index (χ3v) is 8.00. The van der Waals surface area contributed by atoms with E-state index in [1.54, 1.807) is 12.1 Å². The van der Waals surface area contributed by atoms with E-state index in [0.717, 1.165) is 25.3 Å². The molecule has 0 radical (unpaired) electrons. The normalized spacial score (nSPS) is 11.7. The Hall–Kier alpha value is -0.900. The first-order valence-corrected chi connectivity index (χ1v) is 14.4. The molecule has 0 atom stereocenters. The van der Waals surface area contributed by atoms with Gasteiger partial charge in [0.25, 0.3) is 0 Å². The van der Waals surface area contributed by atoms with E-state index in [-0.39, 0.29) is 51.7 Å². The van der Waals surface area contributed by atoms with Crippen LogP contribution in [0.5, 0.6) is 11.5 Å². The molecular formula is C24H33NaO6S2. The topological polar surface area (TPSA) is 101 Å². The maximum absolute atomic E-state index is 12.9. The molecule has 33 heavy (non-hydrogen) atoms. The molecular weight excluding hydrogens is 471 g/mol. The maximum Gasteiger partial charge on any atom is 1.00 e. The number of ether oxygens (including phenoxy) is 1. The molecule has 0 N–H and O–H groups in total. The van der Waals surface area contributed by atoms with E-state index >= 15 is 0 Å². The zero-order valence-corrected chi connectivity index (χ0v) is 23.3. The van der Waals surface area contributed by atoms with Crippen molar-refractivity contribution in [2.24, 2.45) is 0 Å². The van der Waals surface area contributed by atoms with Crippen molar-refractivity contribution in [1.82, 2.24) is 0 Å². The molecule has 0 aliphatic carbocycles. The Balaban J connectivity index is 0.00000544. The first kappa shape index (κ1) is 30.1. The summed E-state index contributed by atoms with van der Waals surface area (Å²) in [5, 5.41) is 0. The van der Waals surface area contributed by atoms with Crippen molar-refractivity contribution >= 4 is 20.0 Å². The van der Waals surface area contributed by atoms with Gasteiger partial charge < -0.3 is 9.29 Å². The predicted molar refractivity (Wildman–Crippen MR) is 125 cm³/mol. The van der Waals surface area contributed by atoms with Crippen molar-refractivity contribution in [2.45, 2.75) is 80.9 Å². The average molecular weight is 505 g/mol. The Labute approximate surface area is 221 Å². The fraction of sp³-hybridized carbons (Fsp3) is 0.500. The average Bonchev–Trinajstić information content (AvgIpc) is 2.75. The minimum atomic E-state index is -4.76. The Morgan fingerprint density at radius 3 is 1.61 bits per heavy atom. The number of sulfone groups is 1. The van der Waals surface area contributed by atoms with E-state index in [1.807, 2.05) is 0 Å². The summed E-state index contributed by atoms with van der Waals surface area (Å²) < 4.78 is 65.9. The Morgan fingerprint density at radius 1 is 0.667 bits per heavy atom. The third kappa shape index (κ3) is 10.5. The first-order valence-electron chi connectivity index (χ1n) is 11.3. The molecule has 2 aromatic rings. The minimum Gasteiger partial charge on any atom is -0.744 e. The van der Waals surface area contributed by atoms with Gasteiger partial charge in [-0.1, -0.05) is 89.0 Å². The summed E-state index contributed by atoms with van der Waals surface area (Å²) >= 11 is 0. The second-order valence-corrected chi connectivity index (χ2v) is 11.4. The molecule has 6 nitrogen and oxygen atoms in total. The van der Waals surface area contributed by atoms with E-state index in [1.165, 1.54) is 68.9 Å². The molecule has 0 bridgehead atoms. The smallest absolute Gasteiger partial charge is 0.744 e. The molecule has 0 aromatic heterocycles. The third-order valence-electron chi connectivity index (χ3n) is 5.29. The Bertz CT molecular complexity index is 1050. The van der Waals surface area contributed by atoms with Gasteiger partial charge in [-0.3, -0.25) is 0 Å². The molecule has 0 amide bonds. The summed E-state index contributed by atoms with van der Waals surface area (Å²) in [7, 11) is -8.38. The summed E-state index contributed by atoms with van der Waals surface area (Å²) in [4.78, 5) is -0.532. The van der Waals surface area contributed by atoms with Crippen LogP contribution in [0.3, 0.4) is 0 Å². The van der Waals surface area contributed by atoms with Crippen LogP contribution in [0.15, 0.2) is 58.3 Å². The first-order chi connectivity index (χ1) is 15.3. The molecule has 0 saturated heterocycles. The Morgan fingerprint density at radius 2 is 1.09 bits per heavy atom. The van der Waals surface area contributed by atoms with Crippen LogP contribution in [-0.4, -0.2) is 27.1 Å². The van der Waals surface area contributed by atoms with Gasteiger partial charge >= 0.3 is 29.6 Å². The van der Waals surface area contributed by atoms with Gasteiger partial charge in [-0.15, -0.1) is 0 Å². The summed E-state index contributed by atoms with van der Waals surface area (Å²) in [5.41, 5.74) is 0. The van der Waals surface area contributed by atoms with Gasteiger partial charge in [0.1, 0.15) is 26.5 Å². The molecule has 2 aromatic carbocycles. The van der Waals surface area contributed by atoms with Crippen molar-refractivity contribution in [3.8, 4) is 11.5 Å². The van der Waals surface area contributed by atoms with E-state index in [2.05, 4.69) is 6.92 Å². The fourth-order valence-corrected chi connectivity index (χ4v) is 5.65. The summed E-state index contributed by atoms with van der Waals surface area (Å²) in [5.74, 6) is -0.189. The summed E-state index contributed by atoms with van der Waals surface area (Å²) in [6.45, 7) is 2.20. The maximum atomic E-state index is 12.9. The van der Waals surface area contributed by atoms with Crippen molar-refractivity contribution in [3.63, 3.8) is 0 Å². The molecule has 0 aliphatic heterocycles. The van der Waals surface area contributed by atoms with Crippen LogP contribution in [0, 0.1) is 0 Å². The van der Waals surface area contributed by atoms with E-state index in [9.17, 15) is 21.4 Å². The number of rotatable bonds is 15. The molecule has 0 heterocycles. The number of para-hydroxylation sites is 2. The van der Waals surface area contributed by atoms with Crippen LogP contribution >= 0.6 is 0 Å². The number of hydrogen-bond acceptors (Lipinski definition) is 6. The van der Waals surface area contributed by atoms with Crippen LogP contribution < -0.4 is 34.3 Å². The second kappa shape index (κ2) is 15.2. The standard InChI is InChI=1S/C24H34O6S2.Na/c1-2-3-4-5-6-7-8-9-10-15-20-31(25,26)23-18-13-11-16-21(23)30-22-17-12-14-19-24(22)32(27,28)29;/h11-14,16-19H,2-10,15,20H2,1H3,(H,27,28,29);/q;+1/p-1. The van der Waals surface area contributed by atoms with E-state index < -0.39 is 24.9 Å². The molecule has 0 saturated carbocycles. The van der Waals surface area contributed by atoms with Gasteiger partial charge in [-0.25, -0.2) is 16.8 Å². The fourth-order valence-electron chi connectivity index (χ4n) is 3.54. The molecule has 178 valence electrons. The van der Waals surface area contributed by atoms with Crippen molar-refractivity contribution in [2.75, 3.05) is 5.75 Å². The van der Waals surface area contributed by atoms with E-state index in [0.29, 0.717) is 6.42 Å². The summed E-state index contributed by atoms with van der Waals surface area (Å²) in [6, 6.07) is 11.5. The second-order valence-electron chi connectivity index (χ2n) is 7.95. The van der Waals surface area contributed by atoms with Crippen LogP contribution in [0.2, 0.25) is 0 Å². The molecule has 9 heteroatoms. The zero-order valence-electron chi connectivity index (χ0n) is 19.7. The predicted octanol–water partition coefficient (Wildman–Crippen LogP) is 3.08. The van der Waals surface area contributed by atoms with Crippen LogP contribution in [0.4, 0.5) is 0 Å². The van der Waals surface area contributed by atoms with Gasteiger partial charge in [0.15, 0.2) is 9.84 Å². The molecule has 0 spiro atoms. The van der Waals surface area contributed by atoms with Gasteiger partial charge in [0.2, 0.25) is 0 Å². The SMILES string of the molecule is CCCCCCCCCCCCS(=O)(=O)c1ccccc1Oc1ccccc1S(=O)(=O)[O-].[Na+]. The van der Waals surface area contributed by atoms with Gasteiger partial charge in [-0.2, -0.15) is 0 Å². The van der Waals surface area contributed by atoms with Crippen LogP contribution in [-0.2, 0) is 20.0 Å². The van der Waals surface area contributed by atoms with Crippen molar-refractivity contribution in [3.05, 3.63) is 48.5 Å². The van der Waals surface area contributed by atoms with Crippen molar-refractivity contribution in [1.29, 1.82) is 0 Å². The van der Waals surface area contributed by atoms with Gasteiger partial charge in [-0.05, 0) is 30.7 Å². The molecule has 2 rings (SSSR count). The number of benzene rings is 2. The molecule has 0 fully saturated rings. The number of hydrogen-bond donors (Lipinski definition) is 0. The molecule has 0 aliphatic rings. The Kier molecular flexibility index (Phi) is 13.8. The quantitative estimate of drug-likeness (QED) is 0.210. The zero-order chi connectivity index (χ0) is 23.5. The van der Waals surface area contributed by atoms with E-state index in [4.69, 9.17) is 4.74 Å². The van der Waals surface area contributed by atoms with Gasteiger partial charge in [0.05, 0.1) is 10.6 Å². The van der Waals surface area contributed by atoms with Crippen LogP contribution in [0.25, 0.3) is 0 Å². The minimum absolute atomic E-state index is 0. The number of unbranched alkanes of at least 4 members (excludes halogenated alkanes) is 9. The molecule has 0 unspecified atom stereocenters. The van der Waals surface area contributed by atoms with Gasteiger partial charge in [0, 0.05) is 0 Å². The van der Waals surface area contributed by atoms with Crippen LogP contribution in [0.1, 0.15) is 71.1 Å².